The van der Waals surface area contributed by atoms with Gasteiger partial charge in [-0.2, -0.15) is 26.3 Å². The fraction of sp³-hybridized carbons (Fsp3) is 0.0476. The molecule has 6 rings (SSSR count). The van der Waals surface area contributed by atoms with Crippen LogP contribution in [0.15, 0.2) is 155 Å². The van der Waals surface area contributed by atoms with Gasteiger partial charge in [0.05, 0.1) is 32.0 Å². The van der Waals surface area contributed by atoms with E-state index in [1.165, 1.54) is 97.1 Å². The van der Waals surface area contributed by atoms with Crippen LogP contribution in [-0.2, 0) is 32.4 Å². The van der Waals surface area contributed by atoms with Gasteiger partial charge in [0, 0.05) is 33.9 Å². The Morgan fingerprint density at radius 2 is 0.734 bits per heavy atom. The lowest BCUT2D eigenvalue weighted by Gasteiger charge is -2.12. The van der Waals surface area contributed by atoms with Crippen molar-refractivity contribution in [2.75, 3.05) is 20.1 Å². The number of rotatable bonds is 12. The second-order valence-corrected chi connectivity index (χ2v) is 16.5. The molecule has 0 aliphatic heterocycles. The zero-order chi connectivity index (χ0) is 47.0. The summed E-state index contributed by atoms with van der Waals surface area (Å²) in [5.41, 5.74) is -1.45. The third-order valence-corrected chi connectivity index (χ3v) is 11.2. The lowest BCUT2D eigenvalue weighted by molar-refractivity contribution is -0.138. The number of halogens is 6. The number of carbonyl (C=O) groups is 4. The topological polar surface area (TPSA) is 225 Å². The zero-order valence-corrected chi connectivity index (χ0v) is 33.7. The number of aromatic carboxylic acids is 2. The molecule has 6 N–H and O–H groups in total. The Balaban J connectivity index is 0.000000241. The summed E-state index contributed by atoms with van der Waals surface area (Å²) in [6.07, 6.45) is -9.40. The Bertz CT molecular complexity index is 2750. The summed E-state index contributed by atoms with van der Waals surface area (Å²) < 4.78 is 132. The molecular formula is C42H30F6N4O10S2. The third-order valence-electron chi connectivity index (χ3n) is 8.48. The first kappa shape index (κ1) is 47.3. The van der Waals surface area contributed by atoms with Gasteiger partial charge in [0.2, 0.25) is 0 Å². The number of hydrogen-bond acceptors (Lipinski definition) is 8. The van der Waals surface area contributed by atoms with Crippen molar-refractivity contribution in [1.29, 1.82) is 0 Å². The van der Waals surface area contributed by atoms with Crippen LogP contribution >= 0.6 is 0 Å². The average molecular weight is 929 g/mol. The van der Waals surface area contributed by atoms with Gasteiger partial charge in [-0.25, -0.2) is 26.4 Å². The number of carboxylic acids is 2. The van der Waals surface area contributed by atoms with Crippen LogP contribution in [0.1, 0.15) is 52.6 Å². The molecule has 22 heteroatoms. The molecule has 0 bridgehead atoms. The van der Waals surface area contributed by atoms with Crippen molar-refractivity contribution >= 4 is 66.5 Å². The van der Waals surface area contributed by atoms with Crippen LogP contribution in [0.4, 0.5) is 49.1 Å². The zero-order valence-electron chi connectivity index (χ0n) is 32.1. The van der Waals surface area contributed by atoms with Crippen molar-refractivity contribution in [3.05, 3.63) is 179 Å². The number of carboxylic acid groups (broad SMARTS) is 2. The quantitative estimate of drug-likeness (QED) is 0.0639. The van der Waals surface area contributed by atoms with Crippen LogP contribution in [0, 0.1) is 0 Å². The van der Waals surface area contributed by atoms with Crippen molar-refractivity contribution in [2.45, 2.75) is 22.1 Å². The van der Waals surface area contributed by atoms with Crippen molar-refractivity contribution in [2.24, 2.45) is 0 Å². The van der Waals surface area contributed by atoms with Crippen molar-refractivity contribution < 1.29 is 72.6 Å². The summed E-state index contributed by atoms with van der Waals surface area (Å²) in [6.45, 7) is 0. The van der Waals surface area contributed by atoms with Gasteiger partial charge in [0.15, 0.2) is 0 Å². The van der Waals surface area contributed by atoms with Gasteiger partial charge in [-0.3, -0.25) is 19.0 Å². The Morgan fingerprint density at radius 3 is 1.05 bits per heavy atom. The maximum Gasteiger partial charge on any atom is 0.416 e. The minimum absolute atomic E-state index is 0.0312. The molecule has 332 valence electrons. The van der Waals surface area contributed by atoms with Gasteiger partial charge in [0.25, 0.3) is 31.9 Å². The maximum absolute atomic E-state index is 12.9. The Hall–Kier alpha value is -7.72. The molecule has 0 saturated carbocycles. The van der Waals surface area contributed by atoms with Gasteiger partial charge in [0.1, 0.15) is 0 Å². The van der Waals surface area contributed by atoms with E-state index >= 15 is 0 Å². The minimum Gasteiger partial charge on any atom is -0.478 e. The lowest BCUT2D eigenvalue weighted by atomic mass is 10.1. The highest BCUT2D eigenvalue weighted by Gasteiger charge is 2.33. The van der Waals surface area contributed by atoms with E-state index in [0.717, 1.165) is 36.4 Å². The first-order valence-corrected chi connectivity index (χ1v) is 20.8. The van der Waals surface area contributed by atoms with Gasteiger partial charge < -0.3 is 20.8 Å². The molecule has 0 aliphatic rings. The summed E-state index contributed by atoms with van der Waals surface area (Å²) in [7, 11) is -8.70. The molecule has 2 amide bonds. The minimum atomic E-state index is -4.70. The van der Waals surface area contributed by atoms with Crippen LogP contribution in [0.5, 0.6) is 0 Å². The number of anilines is 4. The number of carbonyl (C=O) groups excluding carboxylic acids is 2. The number of hydrogen-bond donors (Lipinski definition) is 6. The van der Waals surface area contributed by atoms with Crippen molar-refractivity contribution in [3.63, 3.8) is 0 Å². The monoisotopic (exact) mass is 928 g/mol. The number of alkyl halides is 6. The Kier molecular flexibility index (Phi) is 14.1. The fourth-order valence-corrected chi connectivity index (χ4v) is 7.54. The van der Waals surface area contributed by atoms with E-state index in [9.17, 15) is 62.4 Å². The molecule has 14 nitrogen and oxygen atoms in total. The lowest BCUT2D eigenvalue weighted by Crippen LogP contribution is -2.16. The number of nitrogens with one attached hydrogen (secondary N) is 4. The Morgan fingerprint density at radius 1 is 0.406 bits per heavy atom. The molecule has 0 spiro atoms. The number of benzene rings is 6. The second kappa shape index (κ2) is 19.1. The van der Waals surface area contributed by atoms with Gasteiger partial charge in [-0.15, -0.1) is 0 Å². The molecular weight excluding hydrogens is 899 g/mol. The molecule has 0 fully saturated rings. The van der Waals surface area contributed by atoms with Crippen LogP contribution < -0.4 is 20.1 Å². The van der Waals surface area contributed by atoms with E-state index < -0.39 is 77.1 Å². The molecule has 0 radical (unpaired) electrons. The van der Waals surface area contributed by atoms with E-state index in [1.807, 2.05) is 0 Å². The first-order valence-electron chi connectivity index (χ1n) is 17.8. The molecule has 0 aromatic heterocycles. The fourth-order valence-electron chi connectivity index (χ4n) is 5.35. The van der Waals surface area contributed by atoms with Gasteiger partial charge >= 0.3 is 24.3 Å². The van der Waals surface area contributed by atoms with Crippen molar-refractivity contribution in [3.8, 4) is 0 Å². The predicted molar refractivity (Wildman–Crippen MR) is 220 cm³/mol. The Labute approximate surface area is 359 Å². The summed E-state index contributed by atoms with van der Waals surface area (Å²) in [6, 6.07) is 28.0. The van der Waals surface area contributed by atoms with E-state index in [1.54, 1.807) is 0 Å². The van der Waals surface area contributed by atoms with Crippen LogP contribution in [-0.4, -0.2) is 50.8 Å². The normalized spacial score (nSPS) is 11.6. The highest BCUT2D eigenvalue weighted by Crippen LogP contribution is 2.32. The molecule has 0 aliphatic carbocycles. The van der Waals surface area contributed by atoms with E-state index in [2.05, 4.69) is 20.1 Å². The summed E-state index contributed by atoms with van der Waals surface area (Å²) in [4.78, 5) is 45.5. The standard InChI is InChI=1S/2C21H15F3N2O5S/c2*22-21(23,24)15-4-2-6-18(12-15)32(30,31)26-17-5-1-3-14(11-17)19(27)25-16-9-7-13(8-10-16)20(28)29/h2*1-12,26H,(H,25,27)(H,28,29). The summed E-state index contributed by atoms with van der Waals surface area (Å²) in [5, 5.41) is 22.9. The van der Waals surface area contributed by atoms with Crippen LogP contribution in [0.25, 0.3) is 0 Å². The number of sulfonamides is 2. The van der Waals surface area contributed by atoms with Crippen LogP contribution in [0.2, 0.25) is 0 Å². The SMILES string of the molecule is O=C(O)c1ccc(NC(=O)c2cccc(NS(=O)(=O)c3cccc(C(F)(F)F)c3)c2)cc1.O=C(O)c1ccc(NC(=O)c2cccc(NS(=O)(=O)c3cccc(C(F)(F)F)c3)c2)cc1. The summed E-state index contributed by atoms with van der Waals surface area (Å²) >= 11 is 0. The smallest absolute Gasteiger partial charge is 0.416 e. The molecule has 6 aromatic carbocycles. The van der Waals surface area contributed by atoms with E-state index in [4.69, 9.17) is 10.2 Å². The van der Waals surface area contributed by atoms with Gasteiger partial charge in [-0.1, -0.05) is 24.3 Å². The predicted octanol–water partition coefficient (Wildman–Crippen LogP) is 8.91. The van der Waals surface area contributed by atoms with E-state index in [-0.39, 0.29) is 33.6 Å². The van der Waals surface area contributed by atoms with Crippen LogP contribution in [0.3, 0.4) is 0 Å². The van der Waals surface area contributed by atoms with Crippen molar-refractivity contribution in [1.82, 2.24) is 0 Å². The number of amides is 2. The maximum atomic E-state index is 12.9. The molecule has 6 aromatic rings. The van der Waals surface area contributed by atoms with Gasteiger partial charge in [-0.05, 0) is 121 Å². The highest BCUT2D eigenvalue weighted by atomic mass is 32.2. The molecule has 0 saturated heterocycles. The third kappa shape index (κ3) is 12.7. The molecule has 0 heterocycles. The summed E-state index contributed by atoms with van der Waals surface area (Å²) in [5.74, 6) is -3.45. The largest absolute Gasteiger partial charge is 0.478 e. The second-order valence-electron chi connectivity index (χ2n) is 13.1. The van der Waals surface area contributed by atoms with E-state index in [0.29, 0.717) is 23.5 Å². The molecule has 0 unspecified atom stereocenters. The highest BCUT2D eigenvalue weighted by molar-refractivity contribution is 7.93. The molecule has 0 atom stereocenters. The first-order chi connectivity index (χ1) is 29.9. The average Bonchev–Trinajstić information content (AvgIpc) is 3.23. The molecule has 64 heavy (non-hydrogen) atoms.